The SMILES string of the molecule is Cl.Clc1cc(CN2C[C@H]3CNC[C@H]3C2)cc2c1OCCO2. The van der Waals surface area contributed by atoms with Crippen LogP contribution < -0.4 is 14.8 Å². The van der Waals surface area contributed by atoms with Gasteiger partial charge in [0, 0.05) is 19.6 Å². The van der Waals surface area contributed by atoms with E-state index in [0.717, 1.165) is 24.1 Å². The van der Waals surface area contributed by atoms with E-state index in [4.69, 9.17) is 21.1 Å². The van der Waals surface area contributed by atoms with Crippen molar-refractivity contribution in [3.05, 3.63) is 22.7 Å². The molecule has 1 aromatic carbocycles. The number of nitrogens with zero attached hydrogens (tertiary/aromatic N) is 1. The van der Waals surface area contributed by atoms with E-state index in [2.05, 4.69) is 16.3 Å². The van der Waals surface area contributed by atoms with Crippen molar-refractivity contribution >= 4 is 24.0 Å². The highest BCUT2D eigenvalue weighted by molar-refractivity contribution is 6.32. The lowest BCUT2D eigenvalue weighted by Crippen LogP contribution is -2.25. The van der Waals surface area contributed by atoms with E-state index in [1.807, 2.05) is 6.07 Å². The second-order valence-corrected chi connectivity index (χ2v) is 6.38. The first-order valence-electron chi connectivity index (χ1n) is 7.30. The normalized spacial score (nSPS) is 27.3. The highest BCUT2D eigenvalue weighted by atomic mass is 35.5. The van der Waals surface area contributed by atoms with Gasteiger partial charge in [-0.3, -0.25) is 4.90 Å². The van der Waals surface area contributed by atoms with Gasteiger partial charge in [-0.15, -0.1) is 12.4 Å². The number of hydrogen-bond acceptors (Lipinski definition) is 4. The summed E-state index contributed by atoms with van der Waals surface area (Å²) in [6, 6.07) is 4.09. The Labute approximate surface area is 136 Å². The van der Waals surface area contributed by atoms with Crippen LogP contribution in [0.1, 0.15) is 5.56 Å². The minimum Gasteiger partial charge on any atom is -0.486 e. The Morgan fingerprint density at radius 2 is 1.86 bits per heavy atom. The van der Waals surface area contributed by atoms with E-state index in [-0.39, 0.29) is 12.4 Å². The van der Waals surface area contributed by atoms with Gasteiger partial charge in [-0.2, -0.15) is 0 Å². The molecule has 0 unspecified atom stereocenters. The quantitative estimate of drug-likeness (QED) is 0.901. The number of halogens is 2. The fourth-order valence-corrected chi connectivity index (χ4v) is 3.88. The maximum Gasteiger partial charge on any atom is 0.179 e. The molecule has 0 spiro atoms. The van der Waals surface area contributed by atoms with Crippen LogP contribution >= 0.6 is 24.0 Å². The molecule has 0 bridgehead atoms. The van der Waals surface area contributed by atoms with Crippen LogP contribution in [0.25, 0.3) is 0 Å². The Kier molecular flexibility index (Phi) is 4.50. The molecule has 2 fully saturated rings. The highest BCUT2D eigenvalue weighted by Gasteiger charge is 2.35. The van der Waals surface area contributed by atoms with Crippen LogP contribution in [0, 0.1) is 11.8 Å². The Morgan fingerprint density at radius 1 is 1.14 bits per heavy atom. The summed E-state index contributed by atoms with van der Waals surface area (Å²) in [6.45, 7) is 6.84. The zero-order valence-corrected chi connectivity index (χ0v) is 13.4. The minimum absolute atomic E-state index is 0. The predicted octanol–water partition coefficient (Wildman–Crippen LogP) is 2.18. The summed E-state index contributed by atoms with van der Waals surface area (Å²) in [5.41, 5.74) is 1.21. The van der Waals surface area contributed by atoms with Crippen LogP contribution in [0.15, 0.2) is 12.1 Å². The molecule has 1 N–H and O–H groups in total. The molecule has 0 radical (unpaired) electrons. The lowest BCUT2D eigenvalue weighted by atomic mass is 10.0. The molecule has 0 aromatic heterocycles. The van der Waals surface area contributed by atoms with Gasteiger partial charge in [-0.05, 0) is 42.6 Å². The van der Waals surface area contributed by atoms with E-state index < -0.39 is 0 Å². The van der Waals surface area contributed by atoms with Gasteiger partial charge in [0.1, 0.15) is 13.2 Å². The molecule has 6 heteroatoms. The molecule has 3 aliphatic heterocycles. The number of likely N-dealkylation sites (tertiary alicyclic amines) is 1. The number of benzene rings is 1. The Morgan fingerprint density at radius 3 is 2.62 bits per heavy atom. The van der Waals surface area contributed by atoms with Gasteiger partial charge >= 0.3 is 0 Å². The largest absolute Gasteiger partial charge is 0.486 e. The Hall–Kier alpha value is -0.680. The smallest absolute Gasteiger partial charge is 0.179 e. The molecule has 1 aromatic rings. The van der Waals surface area contributed by atoms with E-state index >= 15 is 0 Å². The second kappa shape index (κ2) is 6.21. The molecule has 2 saturated heterocycles. The topological polar surface area (TPSA) is 33.7 Å². The molecule has 4 rings (SSSR count). The molecule has 0 saturated carbocycles. The maximum absolute atomic E-state index is 6.30. The molecule has 3 aliphatic rings. The van der Waals surface area contributed by atoms with Crippen molar-refractivity contribution in [3.8, 4) is 11.5 Å². The predicted molar refractivity (Wildman–Crippen MR) is 84.8 cm³/mol. The van der Waals surface area contributed by atoms with E-state index in [0.29, 0.717) is 24.0 Å². The lowest BCUT2D eigenvalue weighted by Gasteiger charge is -2.22. The fraction of sp³-hybridized carbons (Fsp3) is 0.600. The number of nitrogens with one attached hydrogen (secondary N) is 1. The summed E-state index contributed by atoms with van der Waals surface area (Å²) in [5.74, 6) is 3.13. The minimum atomic E-state index is 0. The summed E-state index contributed by atoms with van der Waals surface area (Å²) in [5, 5.41) is 4.14. The standard InChI is InChI=1S/C15H19ClN2O2.ClH/c16-13-3-10(4-14-15(13)20-2-1-19-14)7-18-8-11-5-17-6-12(11)9-18;/h3-4,11-12,17H,1-2,5-9H2;1H/t11-,12+;. The number of hydrogen-bond donors (Lipinski definition) is 1. The van der Waals surface area contributed by atoms with Gasteiger partial charge in [-0.1, -0.05) is 11.6 Å². The third kappa shape index (κ3) is 2.95. The maximum atomic E-state index is 6.30. The third-order valence-electron chi connectivity index (χ3n) is 4.53. The molecule has 4 nitrogen and oxygen atoms in total. The van der Waals surface area contributed by atoms with Crippen molar-refractivity contribution in [3.63, 3.8) is 0 Å². The van der Waals surface area contributed by atoms with Gasteiger partial charge in [0.25, 0.3) is 0 Å². The van der Waals surface area contributed by atoms with Crippen molar-refractivity contribution in [1.82, 2.24) is 10.2 Å². The number of ether oxygens (including phenoxy) is 2. The average molecular weight is 331 g/mol. The van der Waals surface area contributed by atoms with Crippen molar-refractivity contribution in [2.75, 3.05) is 39.4 Å². The van der Waals surface area contributed by atoms with Crippen molar-refractivity contribution in [2.45, 2.75) is 6.54 Å². The van der Waals surface area contributed by atoms with E-state index in [1.54, 1.807) is 0 Å². The zero-order chi connectivity index (χ0) is 13.5. The average Bonchev–Trinajstić information content (AvgIpc) is 2.99. The number of rotatable bonds is 2. The molecule has 0 aliphatic carbocycles. The highest BCUT2D eigenvalue weighted by Crippen LogP contribution is 2.39. The van der Waals surface area contributed by atoms with Crippen molar-refractivity contribution in [1.29, 1.82) is 0 Å². The molecule has 0 amide bonds. The van der Waals surface area contributed by atoms with Crippen LogP contribution in [-0.4, -0.2) is 44.3 Å². The fourth-order valence-electron chi connectivity index (χ4n) is 3.60. The second-order valence-electron chi connectivity index (χ2n) is 5.97. The first kappa shape index (κ1) is 15.2. The van der Waals surface area contributed by atoms with Gasteiger partial charge in [0.05, 0.1) is 5.02 Å². The molecular weight excluding hydrogens is 311 g/mol. The zero-order valence-electron chi connectivity index (χ0n) is 11.8. The van der Waals surface area contributed by atoms with Crippen molar-refractivity contribution < 1.29 is 9.47 Å². The summed E-state index contributed by atoms with van der Waals surface area (Å²) in [6.07, 6.45) is 0. The monoisotopic (exact) mass is 330 g/mol. The molecular formula is C15H20Cl2N2O2. The van der Waals surface area contributed by atoms with Crippen LogP contribution in [-0.2, 0) is 6.54 Å². The van der Waals surface area contributed by atoms with Crippen LogP contribution in [0.2, 0.25) is 5.02 Å². The van der Waals surface area contributed by atoms with Gasteiger partial charge < -0.3 is 14.8 Å². The van der Waals surface area contributed by atoms with Gasteiger partial charge in [0.2, 0.25) is 0 Å². The summed E-state index contributed by atoms with van der Waals surface area (Å²) >= 11 is 6.30. The summed E-state index contributed by atoms with van der Waals surface area (Å²) in [4.78, 5) is 2.53. The van der Waals surface area contributed by atoms with Gasteiger partial charge in [-0.25, -0.2) is 0 Å². The molecule has 21 heavy (non-hydrogen) atoms. The first-order chi connectivity index (χ1) is 9.79. The van der Waals surface area contributed by atoms with E-state index in [9.17, 15) is 0 Å². The Balaban J connectivity index is 0.00000132. The van der Waals surface area contributed by atoms with Crippen molar-refractivity contribution in [2.24, 2.45) is 11.8 Å². The third-order valence-corrected chi connectivity index (χ3v) is 4.81. The van der Waals surface area contributed by atoms with Crippen LogP contribution in [0.4, 0.5) is 0 Å². The lowest BCUT2D eigenvalue weighted by molar-refractivity contribution is 0.171. The Bertz CT molecular complexity index is 515. The molecule has 2 atom stereocenters. The molecule has 116 valence electrons. The molecule has 3 heterocycles. The van der Waals surface area contributed by atoms with E-state index in [1.165, 1.54) is 31.7 Å². The first-order valence-corrected chi connectivity index (χ1v) is 7.68. The van der Waals surface area contributed by atoms with Crippen LogP contribution in [0.5, 0.6) is 11.5 Å². The van der Waals surface area contributed by atoms with Gasteiger partial charge in [0.15, 0.2) is 11.5 Å². The summed E-state index contributed by atoms with van der Waals surface area (Å²) in [7, 11) is 0. The summed E-state index contributed by atoms with van der Waals surface area (Å²) < 4.78 is 11.2. The van der Waals surface area contributed by atoms with Crippen LogP contribution in [0.3, 0.4) is 0 Å². The number of fused-ring (bicyclic) bond motifs is 2.